The molecule has 0 aromatic heterocycles. The van der Waals surface area contributed by atoms with E-state index in [1.165, 1.54) is 0 Å². The van der Waals surface area contributed by atoms with Crippen molar-refractivity contribution in [2.75, 3.05) is 39.8 Å². The van der Waals surface area contributed by atoms with Gasteiger partial charge in [0.05, 0.1) is 20.4 Å². The van der Waals surface area contributed by atoms with Gasteiger partial charge in [-0.25, -0.2) is 0 Å². The second-order valence-corrected chi connectivity index (χ2v) is 5.96. The Morgan fingerprint density at radius 1 is 1.07 bits per heavy atom. The van der Waals surface area contributed by atoms with Crippen LogP contribution in [0.3, 0.4) is 0 Å². The molecule has 7 heteroatoms. The molecule has 7 nitrogen and oxygen atoms in total. The number of hydrogen-bond donors (Lipinski definition) is 1. The summed E-state index contributed by atoms with van der Waals surface area (Å²) in [7, 11) is 7.10. The van der Waals surface area contributed by atoms with E-state index in [-0.39, 0.29) is 12.5 Å². The third kappa shape index (κ3) is 6.22. The third-order valence-electron chi connectivity index (χ3n) is 3.82. The van der Waals surface area contributed by atoms with Gasteiger partial charge in [0.2, 0.25) is 0 Å². The maximum absolute atomic E-state index is 11.9. The van der Waals surface area contributed by atoms with E-state index in [4.69, 9.17) is 14.3 Å². The molecular weight excluding hydrogens is 346 g/mol. The summed E-state index contributed by atoms with van der Waals surface area (Å²) in [5.74, 6) is 0.999. The van der Waals surface area contributed by atoms with E-state index in [9.17, 15) is 4.79 Å². The lowest BCUT2D eigenvalue weighted by Gasteiger charge is -2.11. The Kier molecular flexibility index (Phi) is 7.49. The molecule has 0 atom stereocenters. The molecule has 1 N–H and O–H groups in total. The van der Waals surface area contributed by atoms with Gasteiger partial charge in [0, 0.05) is 26.3 Å². The van der Waals surface area contributed by atoms with Gasteiger partial charge < -0.3 is 24.5 Å². The zero-order chi connectivity index (χ0) is 19.6. The summed E-state index contributed by atoms with van der Waals surface area (Å²) in [4.78, 5) is 18.9. The minimum Gasteiger partial charge on any atom is -0.493 e. The Labute approximate surface area is 159 Å². The maximum atomic E-state index is 11.9. The fourth-order valence-corrected chi connectivity index (χ4v) is 2.29. The number of rotatable bonds is 9. The Morgan fingerprint density at radius 2 is 1.78 bits per heavy atom. The molecule has 0 spiro atoms. The molecule has 0 saturated heterocycles. The minimum absolute atomic E-state index is 0.153. The Morgan fingerprint density at radius 3 is 2.41 bits per heavy atom. The summed E-state index contributed by atoms with van der Waals surface area (Å²) in [5.41, 5.74) is 2.89. The SMILES string of the molecule is COc1ccc(CNC(=O)CO/N=C/c2ccc(N(C)C)cc2)cc1OC. The molecule has 0 aliphatic heterocycles. The summed E-state index contributed by atoms with van der Waals surface area (Å²) < 4.78 is 10.4. The molecule has 0 aliphatic rings. The van der Waals surface area contributed by atoms with Gasteiger partial charge in [-0.3, -0.25) is 4.79 Å². The van der Waals surface area contributed by atoms with Crippen LogP contribution in [0.15, 0.2) is 47.6 Å². The molecule has 27 heavy (non-hydrogen) atoms. The summed E-state index contributed by atoms with van der Waals surface area (Å²) in [6, 6.07) is 13.3. The maximum Gasteiger partial charge on any atom is 0.261 e. The van der Waals surface area contributed by atoms with Crippen molar-refractivity contribution in [1.29, 1.82) is 0 Å². The van der Waals surface area contributed by atoms with E-state index in [1.807, 2.05) is 55.4 Å². The van der Waals surface area contributed by atoms with Crippen molar-refractivity contribution in [3.63, 3.8) is 0 Å². The average Bonchev–Trinajstić information content (AvgIpc) is 2.69. The Balaban J connectivity index is 1.76. The van der Waals surface area contributed by atoms with Crippen LogP contribution in [0.5, 0.6) is 11.5 Å². The van der Waals surface area contributed by atoms with E-state index in [1.54, 1.807) is 26.5 Å². The van der Waals surface area contributed by atoms with Crippen LogP contribution in [0, 0.1) is 0 Å². The molecule has 2 aromatic carbocycles. The van der Waals surface area contributed by atoms with Crippen LogP contribution < -0.4 is 19.7 Å². The standard InChI is InChI=1S/C20H25N3O4/c1-23(2)17-8-5-15(6-9-17)13-22-27-14-20(24)21-12-16-7-10-18(25-3)19(11-16)26-4/h5-11,13H,12,14H2,1-4H3,(H,21,24)/b22-13+. The predicted octanol–water partition coefficient (Wildman–Crippen LogP) is 2.44. The first-order valence-corrected chi connectivity index (χ1v) is 8.44. The Bertz CT molecular complexity index is 773. The number of nitrogens with zero attached hydrogens (tertiary/aromatic N) is 2. The monoisotopic (exact) mass is 371 g/mol. The summed E-state index contributed by atoms with van der Waals surface area (Å²) in [6.07, 6.45) is 1.57. The van der Waals surface area contributed by atoms with Crippen LogP contribution in [0.1, 0.15) is 11.1 Å². The van der Waals surface area contributed by atoms with Crippen molar-refractivity contribution in [2.45, 2.75) is 6.54 Å². The summed E-state index contributed by atoms with van der Waals surface area (Å²) in [6.45, 7) is 0.206. The predicted molar refractivity (Wildman–Crippen MR) is 106 cm³/mol. The number of amides is 1. The van der Waals surface area contributed by atoms with Gasteiger partial charge >= 0.3 is 0 Å². The lowest BCUT2D eigenvalue weighted by molar-refractivity contribution is -0.125. The van der Waals surface area contributed by atoms with Crippen LogP contribution in [-0.2, 0) is 16.2 Å². The molecule has 0 bridgehead atoms. The first kappa shape index (κ1) is 20.1. The van der Waals surface area contributed by atoms with Crippen molar-refractivity contribution in [3.05, 3.63) is 53.6 Å². The number of carbonyl (C=O) groups is 1. The van der Waals surface area contributed by atoms with Gasteiger partial charge in [0.25, 0.3) is 5.91 Å². The van der Waals surface area contributed by atoms with Crippen molar-refractivity contribution in [2.24, 2.45) is 5.16 Å². The van der Waals surface area contributed by atoms with E-state index in [0.29, 0.717) is 18.0 Å². The van der Waals surface area contributed by atoms with Gasteiger partial charge in [-0.2, -0.15) is 0 Å². The minimum atomic E-state index is -0.259. The van der Waals surface area contributed by atoms with Crippen LogP contribution in [0.2, 0.25) is 0 Å². The van der Waals surface area contributed by atoms with Crippen molar-refractivity contribution in [1.82, 2.24) is 5.32 Å². The van der Waals surface area contributed by atoms with Gasteiger partial charge in [-0.15, -0.1) is 0 Å². The van der Waals surface area contributed by atoms with Gasteiger partial charge in [0.15, 0.2) is 18.1 Å². The molecule has 2 rings (SSSR count). The number of carbonyl (C=O) groups excluding carboxylic acids is 1. The molecule has 0 unspecified atom stereocenters. The molecule has 0 saturated carbocycles. The van der Waals surface area contributed by atoms with Gasteiger partial charge in [-0.1, -0.05) is 23.4 Å². The summed E-state index contributed by atoms with van der Waals surface area (Å²) >= 11 is 0. The van der Waals surface area contributed by atoms with Crippen LogP contribution >= 0.6 is 0 Å². The fourth-order valence-electron chi connectivity index (χ4n) is 2.29. The normalized spacial score (nSPS) is 10.5. The first-order valence-electron chi connectivity index (χ1n) is 8.44. The fraction of sp³-hybridized carbons (Fsp3) is 0.300. The highest BCUT2D eigenvalue weighted by molar-refractivity contribution is 5.80. The van der Waals surface area contributed by atoms with Crippen LogP contribution in [0.25, 0.3) is 0 Å². The highest BCUT2D eigenvalue weighted by Gasteiger charge is 2.06. The number of oxime groups is 1. The Hall–Kier alpha value is -3.22. The lowest BCUT2D eigenvalue weighted by Crippen LogP contribution is -2.26. The first-order chi connectivity index (χ1) is 13.0. The van der Waals surface area contributed by atoms with Gasteiger partial charge in [0.1, 0.15) is 0 Å². The molecule has 0 fully saturated rings. The van der Waals surface area contributed by atoms with Crippen molar-refractivity contribution >= 4 is 17.8 Å². The second kappa shape index (κ2) is 10.1. The van der Waals surface area contributed by atoms with E-state index in [0.717, 1.165) is 16.8 Å². The molecule has 0 radical (unpaired) electrons. The third-order valence-corrected chi connectivity index (χ3v) is 3.82. The molecule has 0 heterocycles. The smallest absolute Gasteiger partial charge is 0.261 e. The zero-order valence-electron chi connectivity index (χ0n) is 16.1. The average molecular weight is 371 g/mol. The molecule has 0 aliphatic carbocycles. The number of anilines is 1. The van der Waals surface area contributed by atoms with Crippen molar-refractivity contribution < 1.29 is 19.1 Å². The number of hydrogen-bond acceptors (Lipinski definition) is 6. The van der Waals surface area contributed by atoms with E-state index < -0.39 is 0 Å². The largest absolute Gasteiger partial charge is 0.493 e. The second-order valence-electron chi connectivity index (χ2n) is 5.96. The molecule has 2 aromatic rings. The topological polar surface area (TPSA) is 72.4 Å². The lowest BCUT2D eigenvalue weighted by atomic mass is 10.2. The molecule has 1 amide bonds. The van der Waals surface area contributed by atoms with E-state index in [2.05, 4.69) is 10.5 Å². The van der Waals surface area contributed by atoms with Crippen LogP contribution in [-0.4, -0.2) is 47.0 Å². The summed E-state index contributed by atoms with van der Waals surface area (Å²) in [5, 5.41) is 6.59. The van der Waals surface area contributed by atoms with E-state index >= 15 is 0 Å². The molecule has 144 valence electrons. The zero-order valence-corrected chi connectivity index (χ0v) is 16.1. The van der Waals surface area contributed by atoms with Crippen molar-refractivity contribution in [3.8, 4) is 11.5 Å². The van der Waals surface area contributed by atoms with Gasteiger partial charge in [-0.05, 0) is 35.4 Å². The number of benzene rings is 2. The molecular formula is C20H25N3O4. The highest BCUT2D eigenvalue weighted by atomic mass is 16.6. The van der Waals surface area contributed by atoms with Crippen LogP contribution in [0.4, 0.5) is 5.69 Å². The number of ether oxygens (including phenoxy) is 2. The quantitative estimate of drug-likeness (QED) is 0.541. The number of methoxy groups -OCH3 is 2. The number of nitrogens with one attached hydrogen (secondary N) is 1. The highest BCUT2D eigenvalue weighted by Crippen LogP contribution is 2.27.